The van der Waals surface area contributed by atoms with Crippen molar-refractivity contribution in [3.8, 4) is 0 Å². The number of halogens is 2. The number of rotatable bonds is 4. The molecule has 20 heavy (non-hydrogen) atoms. The fraction of sp³-hybridized carbons (Fsp3) is 0.500. The zero-order valence-electron chi connectivity index (χ0n) is 11.1. The third-order valence-corrected chi connectivity index (χ3v) is 4.09. The van der Waals surface area contributed by atoms with Crippen LogP contribution in [0.1, 0.15) is 12.8 Å². The summed E-state index contributed by atoms with van der Waals surface area (Å²) in [6.45, 7) is 2.09. The summed E-state index contributed by atoms with van der Waals surface area (Å²) in [7, 11) is 0. The Balaban J connectivity index is 1.92. The Hall–Kier alpha value is -0.810. The van der Waals surface area contributed by atoms with Gasteiger partial charge in [0.25, 0.3) is 0 Å². The van der Waals surface area contributed by atoms with Crippen molar-refractivity contribution in [1.29, 1.82) is 0 Å². The van der Waals surface area contributed by atoms with Crippen molar-refractivity contribution in [1.82, 2.24) is 4.90 Å². The van der Waals surface area contributed by atoms with Gasteiger partial charge >= 0.3 is 0 Å². The molecule has 0 radical (unpaired) electrons. The second-order valence-electron chi connectivity index (χ2n) is 5.07. The SMILES string of the molecule is O=C(CN1CCCC(CO)C1)Nc1c(Cl)cccc1Cl. The van der Waals surface area contributed by atoms with Gasteiger partial charge in [0.1, 0.15) is 0 Å². The first-order valence-corrected chi connectivity index (χ1v) is 7.43. The molecule has 1 atom stereocenters. The van der Waals surface area contributed by atoms with E-state index in [0.29, 0.717) is 15.7 Å². The molecule has 1 aromatic carbocycles. The van der Waals surface area contributed by atoms with E-state index in [1.807, 2.05) is 4.90 Å². The number of aliphatic hydroxyl groups is 1. The first-order valence-electron chi connectivity index (χ1n) is 6.67. The van der Waals surface area contributed by atoms with E-state index in [2.05, 4.69) is 5.32 Å². The molecule has 0 aromatic heterocycles. The minimum Gasteiger partial charge on any atom is -0.396 e. The van der Waals surface area contributed by atoms with Crippen LogP contribution in [-0.2, 0) is 4.79 Å². The predicted molar refractivity (Wildman–Crippen MR) is 81.3 cm³/mol. The molecule has 1 heterocycles. The van der Waals surface area contributed by atoms with Crippen LogP contribution in [0.2, 0.25) is 10.0 Å². The average molecular weight is 317 g/mol. The third-order valence-electron chi connectivity index (χ3n) is 3.46. The number of piperidine rings is 1. The number of carbonyl (C=O) groups excluding carboxylic acids is 1. The van der Waals surface area contributed by atoms with Crippen LogP contribution in [0.4, 0.5) is 5.69 Å². The molecule has 0 saturated carbocycles. The van der Waals surface area contributed by atoms with Gasteiger partial charge in [0.05, 0.1) is 22.3 Å². The van der Waals surface area contributed by atoms with Crippen LogP contribution >= 0.6 is 23.2 Å². The maximum atomic E-state index is 12.0. The van der Waals surface area contributed by atoms with Gasteiger partial charge in [-0.3, -0.25) is 9.69 Å². The molecule has 6 heteroatoms. The van der Waals surface area contributed by atoms with E-state index < -0.39 is 0 Å². The largest absolute Gasteiger partial charge is 0.396 e. The quantitative estimate of drug-likeness (QED) is 0.897. The lowest BCUT2D eigenvalue weighted by Crippen LogP contribution is -2.41. The summed E-state index contributed by atoms with van der Waals surface area (Å²) >= 11 is 12.0. The molecule has 1 aliphatic rings. The Kier molecular flexibility index (Phi) is 5.66. The number of carbonyl (C=O) groups is 1. The maximum absolute atomic E-state index is 12.0. The van der Waals surface area contributed by atoms with Crippen LogP contribution in [-0.4, -0.2) is 42.2 Å². The van der Waals surface area contributed by atoms with E-state index in [1.54, 1.807) is 18.2 Å². The summed E-state index contributed by atoms with van der Waals surface area (Å²) < 4.78 is 0. The van der Waals surface area contributed by atoms with Crippen LogP contribution in [0.3, 0.4) is 0 Å². The van der Waals surface area contributed by atoms with Crippen molar-refractivity contribution in [2.75, 3.05) is 31.6 Å². The van der Waals surface area contributed by atoms with Crippen LogP contribution in [0.25, 0.3) is 0 Å². The molecule has 2 N–H and O–H groups in total. The lowest BCUT2D eigenvalue weighted by molar-refractivity contribution is -0.117. The van der Waals surface area contributed by atoms with E-state index >= 15 is 0 Å². The van der Waals surface area contributed by atoms with Crippen molar-refractivity contribution in [2.24, 2.45) is 5.92 Å². The molecule has 1 amide bonds. The van der Waals surface area contributed by atoms with Crippen molar-refractivity contribution in [3.63, 3.8) is 0 Å². The van der Waals surface area contributed by atoms with Gasteiger partial charge in [0.15, 0.2) is 0 Å². The molecular weight excluding hydrogens is 299 g/mol. The van der Waals surface area contributed by atoms with Gasteiger partial charge in [-0.2, -0.15) is 0 Å². The molecule has 0 bridgehead atoms. The lowest BCUT2D eigenvalue weighted by Gasteiger charge is -2.31. The van der Waals surface area contributed by atoms with E-state index in [1.165, 1.54) is 0 Å². The number of likely N-dealkylation sites (tertiary alicyclic amines) is 1. The van der Waals surface area contributed by atoms with Gasteiger partial charge in [-0.15, -0.1) is 0 Å². The van der Waals surface area contributed by atoms with E-state index in [0.717, 1.165) is 25.9 Å². The highest BCUT2D eigenvalue weighted by Crippen LogP contribution is 2.29. The fourth-order valence-electron chi connectivity index (χ4n) is 2.44. The Morgan fingerprint density at radius 2 is 2.10 bits per heavy atom. The number of nitrogens with one attached hydrogen (secondary N) is 1. The first kappa shape index (κ1) is 15.6. The van der Waals surface area contributed by atoms with Crippen LogP contribution < -0.4 is 5.32 Å². The molecule has 1 saturated heterocycles. The normalized spacial score (nSPS) is 19.9. The fourth-order valence-corrected chi connectivity index (χ4v) is 2.94. The van der Waals surface area contributed by atoms with Crippen molar-refractivity contribution in [2.45, 2.75) is 12.8 Å². The molecule has 0 spiro atoms. The van der Waals surface area contributed by atoms with Crippen molar-refractivity contribution in [3.05, 3.63) is 28.2 Å². The third kappa shape index (κ3) is 4.09. The zero-order valence-corrected chi connectivity index (χ0v) is 12.6. The number of amides is 1. The highest BCUT2D eigenvalue weighted by molar-refractivity contribution is 6.39. The summed E-state index contributed by atoms with van der Waals surface area (Å²) in [6.07, 6.45) is 2.02. The summed E-state index contributed by atoms with van der Waals surface area (Å²) in [5.74, 6) is 0.124. The minimum atomic E-state index is -0.140. The molecule has 2 rings (SSSR count). The molecule has 4 nitrogen and oxygen atoms in total. The number of para-hydroxylation sites is 1. The lowest BCUT2D eigenvalue weighted by atomic mass is 9.99. The van der Waals surface area contributed by atoms with Crippen molar-refractivity contribution >= 4 is 34.8 Å². The van der Waals surface area contributed by atoms with Crippen LogP contribution in [0.5, 0.6) is 0 Å². The molecule has 110 valence electrons. The predicted octanol–water partition coefficient (Wildman–Crippen LogP) is 2.64. The zero-order chi connectivity index (χ0) is 14.5. The van der Waals surface area contributed by atoms with Crippen molar-refractivity contribution < 1.29 is 9.90 Å². The number of aliphatic hydroxyl groups excluding tert-OH is 1. The summed E-state index contributed by atoms with van der Waals surface area (Å²) in [6, 6.07) is 5.11. The molecular formula is C14H18Cl2N2O2. The smallest absolute Gasteiger partial charge is 0.238 e. The molecule has 1 fully saturated rings. The van der Waals surface area contributed by atoms with Gasteiger partial charge in [0.2, 0.25) is 5.91 Å². The van der Waals surface area contributed by atoms with E-state index in [4.69, 9.17) is 23.2 Å². The first-order chi connectivity index (χ1) is 9.60. The summed E-state index contributed by atoms with van der Waals surface area (Å²) in [5, 5.41) is 12.8. The number of hydrogen-bond acceptors (Lipinski definition) is 3. The Bertz CT molecular complexity index is 462. The van der Waals surface area contributed by atoms with E-state index in [-0.39, 0.29) is 25.0 Å². The monoisotopic (exact) mass is 316 g/mol. The Morgan fingerprint density at radius 3 is 2.75 bits per heavy atom. The van der Waals surface area contributed by atoms with Gasteiger partial charge in [0, 0.05) is 13.2 Å². The van der Waals surface area contributed by atoms with Crippen LogP contribution in [0, 0.1) is 5.92 Å². The number of nitrogens with zero attached hydrogens (tertiary/aromatic N) is 1. The standard InChI is InChI=1S/C14H18Cl2N2O2/c15-11-4-1-5-12(16)14(11)17-13(20)8-18-6-2-3-10(7-18)9-19/h1,4-5,10,19H,2-3,6-9H2,(H,17,20). The Labute approximate surface area is 128 Å². The van der Waals surface area contributed by atoms with Gasteiger partial charge < -0.3 is 10.4 Å². The van der Waals surface area contributed by atoms with E-state index in [9.17, 15) is 9.90 Å². The van der Waals surface area contributed by atoms with Gasteiger partial charge in [-0.25, -0.2) is 0 Å². The number of benzene rings is 1. The molecule has 1 aliphatic heterocycles. The summed E-state index contributed by atoms with van der Waals surface area (Å²) in [4.78, 5) is 14.1. The number of anilines is 1. The minimum absolute atomic E-state index is 0.140. The molecule has 1 unspecified atom stereocenters. The molecule has 1 aromatic rings. The number of hydrogen-bond donors (Lipinski definition) is 2. The average Bonchev–Trinajstić information content (AvgIpc) is 2.43. The maximum Gasteiger partial charge on any atom is 0.238 e. The van der Waals surface area contributed by atoms with Gasteiger partial charge in [-0.1, -0.05) is 29.3 Å². The summed E-state index contributed by atoms with van der Waals surface area (Å²) in [5.41, 5.74) is 0.455. The molecule has 0 aliphatic carbocycles. The topological polar surface area (TPSA) is 52.6 Å². The van der Waals surface area contributed by atoms with Gasteiger partial charge in [-0.05, 0) is 37.4 Å². The second kappa shape index (κ2) is 7.27. The highest BCUT2D eigenvalue weighted by atomic mass is 35.5. The second-order valence-corrected chi connectivity index (χ2v) is 5.89. The highest BCUT2D eigenvalue weighted by Gasteiger charge is 2.21. The Morgan fingerprint density at radius 1 is 1.40 bits per heavy atom. The van der Waals surface area contributed by atoms with Crippen LogP contribution in [0.15, 0.2) is 18.2 Å².